The number of nitrogen functional groups attached to an aromatic ring is 1. The number of hydrogen-bond acceptors (Lipinski definition) is 3. The predicted molar refractivity (Wildman–Crippen MR) is 104 cm³/mol. The second-order valence-electron chi connectivity index (χ2n) is 5.95. The monoisotopic (exact) mass is 329 g/mol. The van der Waals surface area contributed by atoms with Gasteiger partial charge in [0.25, 0.3) is 0 Å². The van der Waals surface area contributed by atoms with E-state index in [0.29, 0.717) is 5.69 Å². The number of rotatable bonds is 3. The Morgan fingerprint density at radius 2 is 1.24 bits per heavy atom. The summed E-state index contributed by atoms with van der Waals surface area (Å²) in [4.78, 5) is 0. The van der Waals surface area contributed by atoms with Gasteiger partial charge in [0.1, 0.15) is 11.5 Å². The molecule has 0 saturated carbocycles. The third-order valence-corrected chi connectivity index (χ3v) is 4.63. The molecule has 25 heavy (non-hydrogen) atoms. The molecule has 124 valence electrons. The summed E-state index contributed by atoms with van der Waals surface area (Å²) in [6, 6.07) is 22.4. The van der Waals surface area contributed by atoms with Gasteiger partial charge < -0.3 is 15.2 Å². The Morgan fingerprint density at radius 1 is 0.640 bits per heavy atom. The van der Waals surface area contributed by atoms with Crippen molar-refractivity contribution in [3.8, 4) is 22.6 Å². The second kappa shape index (κ2) is 6.02. The number of nitrogens with two attached hydrogens (primary N) is 1. The fraction of sp³-hybridized carbons (Fsp3) is 0.0909. The highest BCUT2D eigenvalue weighted by atomic mass is 16.5. The van der Waals surface area contributed by atoms with E-state index in [4.69, 9.17) is 15.2 Å². The lowest BCUT2D eigenvalue weighted by atomic mass is 9.92. The van der Waals surface area contributed by atoms with E-state index in [0.717, 1.165) is 44.2 Å². The first-order chi connectivity index (χ1) is 12.2. The number of fused-ring (bicyclic) bond motifs is 2. The van der Waals surface area contributed by atoms with Crippen LogP contribution in [0.5, 0.6) is 11.5 Å². The molecular weight excluding hydrogens is 310 g/mol. The van der Waals surface area contributed by atoms with Crippen molar-refractivity contribution in [3.05, 3.63) is 66.7 Å². The van der Waals surface area contributed by atoms with Crippen molar-refractivity contribution in [1.82, 2.24) is 0 Å². The van der Waals surface area contributed by atoms with Gasteiger partial charge in [-0.1, -0.05) is 54.6 Å². The highest BCUT2D eigenvalue weighted by molar-refractivity contribution is 6.11. The Bertz CT molecular complexity index is 1090. The summed E-state index contributed by atoms with van der Waals surface area (Å²) in [5, 5.41) is 4.31. The molecule has 0 bridgehead atoms. The zero-order valence-corrected chi connectivity index (χ0v) is 14.2. The molecule has 0 spiro atoms. The van der Waals surface area contributed by atoms with Crippen molar-refractivity contribution in [2.45, 2.75) is 0 Å². The summed E-state index contributed by atoms with van der Waals surface area (Å²) in [5.41, 5.74) is 9.26. The van der Waals surface area contributed by atoms with E-state index in [1.165, 1.54) is 0 Å². The Labute approximate surface area is 146 Å². The van der Waals surface area contributed by atoms with Crippen LogP contribution in [0.4, 0.5) is 5.69 Å². The molecule has 4 aromatic carbocycles. The Balaban J connectivity index is 2.13. The maximum Gasteiger partial charge on any atom is 0.128 e. The summed E-state index contributed by atoms with van der Waals surface area (Å²) in [6.07, 6.45) is 0. The first-order valence-electron chi connectivity index (χ1n) is 8.16. The molecule has 0 amide bonds. The summed E-state index contributed by atoms with van der Waals surface area (Å²) >= 11 is 0. The van der Waals surface area contributed by atoms with Crippen LogP contribution >= 0.6 is 0 Å². The van der Waals surface area contributed by atoms with E-state index >= 15 is 0 Å². The minimum Gasteiger partial charge on any atom is -0.496 e. The van der Waals surface area contributed by atoms with Gasteiger partial charge in [0, 0.05) is 28.1 Å². The van der Waals surface area contributed by atoms with Crippen LogP contribution in [-0.4, -0.2) is 14.2 Å². The highest BCUT2D eigenvalue weighted by Gasteiger charge is 2.15. The molecule has 0 aliphatic carbocycles. The van der Waals surface area contributed by atoms with Crippen LogP contribution in [-0.2, 0) is 0 Å². The Kier molecular flexibility index (Phi) is 3.69. The third kappa shape index (κ3) is 2.36. The van der Waals surface area contributed by atoms with Crippen LogP contribution in [0, 0.1) is 0 Å². The number of benzene rings is 4. The van der Waals surface area contributed by atoms with Crippen molar-refractivity contribution in [2.24, 2.45) is 0 Å². The van der Waals surface area contributed by atoms with E-state index in [2.05, 4.69) is 30.3 Å². The SMILES string of the molecule is COc1cccc2c(-c3c(N)cc(OC)c4ccccc34)cccc12. The van der Waals surface area contributed by atoms with E-state index in [1.54, 1.807) is 14.2 Å². The maximum atomic E-state index is 6.45. The molecule has 4 rings (SSSR count). The average Bonchev–Trinajstić information content (AvgIpc) is 2.66. The maximum absolute atomic E-state index is 6.45. The van der Waals surface area contributed by atoms with Gasteiger partial charge in [0.05, 0.1) is 14.2 Å². The second-order valence-corrected chi connectivity index (χ2v) is 5.95. The molecule has 0 aliphatic rings. The van der Waals surface area contributed by atoms with Crippen LogP contribution in [0.1, 0.15) is 0 Å². The number of hydrogen-bond donors (Lipinski definition) is 1. The highest BCUT2D eigenvalue weighted by Crippen LogP contribution is 2.42. The van der Waals surface area contributed by atoms with Gasteiger partial charge >= 0.3 is 0 Å². The van der Waals surface area contributed by atoms with Gasteiger partial charge in [0.15, 0.2) is 0 Å². The molecule has 3 heteroatoms. The number of methoxy groups -OCH3 is 2. The topological polar surface area (TPSA) is 44.5 Å². The average molecular weight is 329 g/mol. The van der Waals surface area contributed by atoms with Crippen molar-refractivity contribution in [2.75, 3.05) is 20.0 Å². The molecule has 0 radical (unpaired) electrons. The quantitative estimate of drug-likeness (QED) is 0.521. The summed E-state index contributed by atoms with van der Waals surface area (Å²) in [7, 11) is 3.36. The van der Waals surface area contributed by atoms with Crippen molar-refractivity contribution >= 4 is 27.2 Å². The molecule has 0 fully saturated rings. The van der Waals surface area contributed by atoms with Gasteiger partial charge in [-0.05, 0) is 22.4 Å². The zero-order chi connectivity index (χ0) is 17.4. The lowest BCUT2D eigenvalue weighted by Crippen LogP contribution is -1.96. The van der Waals surface area contributed by atoms with Gasteiger partial charge in [-0.25, -0.2) is 0 Å². The standard InChI is InChI=1S/C22H19NO2/c1-24-20-12-6-9-14-15(20)10-5-11-17(14)22-18-8-4-3-7-16(18)21(25-2)13-19(22)23/h3-13H,23H2,1-2H3. The predicted octanol–water partition coefficient (Wildman–Crippen LogP) is 5.26. The Morgan fingerprint density at radius 3 is 2.00 bits per heavy atom. The number of anilines is 1. The van der Waals surface area contributed by atoms with Gasteiger partial charge in [-0.15, -0.1) is 0 Å². The van der Waals surface area contributed by atoms with Crippen molar-refractivity contribution in [1.29, 1.82) is 0 Å². The number of ether oxygens (including phenoxy) is 2. The zero-order valence-electron chi connectivity index (χ0n) is 14.2. The Hall–Kier alpha value is -3.20. The first-order valence-corrected chi connectivity index (χ1v) is 8.16. The van der Waals surface area contributed by atoms with E-state index in [1.807, 2.05) is 36.4 Å². The van der Waals surface area contributed by atoms with Gasteiger partial charge in [0.2, 0.25) is 0 Å². The molecule has 0 atom stereocenters. The molecule has 0 unspecified atom stereocenters. The molecule has 0 aromatic heterocycles. The molecule has 4 aromatic rings. The summed E-state index contributed by atoms with van der Waals surface area (Å²) in [6.45, 7) is 0. The van der Waals surface area contributed by atoms with Crippen molar-refractivity contribution in [3.63, 3.8) is 0 Å². The van der Waals surface area contributed by atoms with Crippen LogP contribution in [0.2, 0.25) is 0 Å². The summed E-state index contributed by atoms with van der Waals surface area (Å²) < 4.78 is 11.0. The van der Waals surface area contributed by atoms with Crippen LogP contribution in [0.15, 0.2) is 66.7 Å². The van der Waals surface area contributed by atoms with E-state index in [-0.39, 0.29) is 0 Å². The van der Waals surface area contributed by atoms with Gasteiger partial charge in [-0.3, -0.25) is 0 Å². The van der Waals surface area contributed by atoms with Crippen LogP contribution < -0.4 is 15.2 Å². The molecular formula is C22H19NO2. The largest absolute Gasteiger partial charge is 0.496 e. The first kappa shape index (κ1) is 15.3. The fourth-order valence-electron chi connectivity index (χ4n) is 3.51. The summed E-state index contributed by atoms with van der Waals surface area (Å²) in [5.74, 6) is 1.64. The van der Waals surface area contributed by atoms with Gasteiger partial charge in [-0.2, -0.15) is 0 Å². The molecule has 3 nitrogen and oxygen atoms in total. The van der Waals surface area contributed by atoms with Crippen LogP contribution in [0.3, 0.4) is 0 Å². The van der Waals surface area contributed by atoms with E-state index < -0.39 is 0 Å². The lowest BCUT2D eigenvalue weighted by molar-refractivity contribution is 0.420. The molecule has 2 N–H and O–H groups in total. The van der Waals surface area contributed by atoms with E-state index in [9.17, 15) is 0 Å². The minimum atomic E-state index is 0.700. The van der Waals surface area contributed by atoms with Crippen molar-refractivity contribution < 1.29 is 9.47 Å². The molecule has 0 saturated heterocycles. The lowest BCUT2D eigenvalue weighted by Gasteiger charge is -2.16. The smallest absolute Gasteiger partial charge is 0.128 e. The fourth-order valence-corrected chi connectivity index (χ4v) is 3.51. The van der Waals surface area contributed by atoms with Crippen LogP contribution in [0.25, 0.3) is 32.7 Å². The minimum absolute atomic E-state index is 0.700. The molecule has 0 heterocycles. The molecule has 0 aliphatic heterocycles. The third-order valence-electron chi connectivity index (χ3n) is 4.63. The normalized spacial score (nSPS) is 11.0.